The van der Waals surface area contributed by atoms with E-state index < -0.39 is 5.97 Å². The zero-order chi connectivity index (χ0) is 15.5. The first-order chi connectivity index (χ1) is 9.93. The second kappa shape index (κ2) is 6.43. The molecule has 2 rings (SSSR count). The third kappa shape index (κ3) is 3.93. The monoisotopic (exact) mass is 312 g/mol. The molecule has 114 valence electrons. The Hall–Kier alpha value is -1.63. The van der Waals surface area contributed by atoms with Crippen molar-refractivity contribution >= 4 is 29.2 Å². The number of anilines is 1. The molecule has 0 aromatic heterocycles. The van der Waals surface area contributed by atoms with Gasteiger partial charge >= 0.3 is 5.97 Å². The second-order valence-corrected chi connectivity index (χ2v) is 5.48. The molecule has 1 aliphatic rings. The maximum absolute atomic E-state index is 11.9. The normalized spacial score (nSPS) is 16.0. The van der Waals surface area contributed by atoms with E-state index in [-0.39, 0.29) is 18.1 Å². The van der Waals surface area contributed by atoms with Gasteiger partial charge in [0.1, 0.15) is 6.61 Å². The average molecular weight is 313 g/mol. The number of ether oxygens (including phenoxy) is 2. The van der Waals surface area contributed by atoms with Gasteiger partial charge in [0.25, 0.3) is 0 Å². The summed E-state index contributed by atoms with van der Waals surface area (Å²) in [5.41, 5.74) is 0.368. The van der Waals surface area contributed by atoms with Crippen LogP contribution in [0.4, 0.5) is 5.69 Å². The number of benzene rings is 1. The Morgan fingerprint density at radius 3 is 2.71 bits per heavy atom. The van der Waals surface area contributed by atoms with Crippen LogP contribution in [0.1, 0.15) is 17.3 Å². The van der Waals surface area contributed by atoms with Crippen molar-refractivity contribution in [2.24, 2.45) is 0 Å². The first-order valence-electron chi connectivity index (χ1n) is 6.46. The Morgan fingerprint density at radius 1 is 1.43 bits per heavy atom. The minimum Gasteiger partial charge on any atom is -0.465 e. The van der Waals surface area contributed by atoms with E-state index >= 15 is 0 Å². The number of rotatable bonds is 5. The fraction of sp³-hybridized carbons (Fsp3) is 0.429. The van der Waals surface area contributed by atoms with Crippen LogP contribution in [-0.4, -0.2) is 44.3 Å². The molecule has 1 amide bonds. The number of carbonyl (C=O) groups excluding carboxylic acids is 2. The molecule has 1 aromatic rings. The minimum atomic E-state index is -0.494. The highest BCUT2D eigenvalue weighted by Gasteiger charge is 2.33. The summed E-state index contributed by atoms with van der Waals surface area (Å²) in [5.74, 6) is -0.821. The predicted molar refractivity (Wildman–Crippen MR) is 78.6 cm³/mol. The second-order valence-electron chi connectivity index (χ2n) is 5.08. The molecule has 0 spiro atoms. The van der Waals surface area contributed by atoms with Crippen LogP contribution in [0.5, 0.6) is 0 Å². The standard InChI is InChI=1S/C14H17ClN2O4/c1-14(7-16-8-14)21-6-12(18)17-11-5-9(13(19)20-2)3-4-10(11)15/h3-5,16H,6-8H2,1-2H3,(H,17,18). The molecule has 21 heavy (non-hydrogen) atoms. The van der Waals surface area contributed by atoms with E-state index in [4.69, 9.17) is 16.3 Å². The fourth-order valence-electron chi connectivity index (χ4n) is 1.87. The van der Waals surface area contributed by atoms with Crippen molar-refractivity contribution in [2.75, 3.05) is 32.1 Å². The maximum atomic E-state index is 11.9. The molecule has 7 heteroatoms. The third-order valence-corrected chi connectivity index (χ3v) is 3.54. The van der Waals surface area contributed by atoms with E-state index in [1.54, 1.807) is 0 Å². The van der Waals surface area contributed by atoms with Gasteiger partial charge in [0.2, 0.25) is 5.91 Å². The molecule has 1 aromatic carbocycles. The SMILES string of the molecule is COC(=O)c1ccc(Cl)c(NC(=O)COC2(C)CNC2)c1. The Kier molecular flexibility index (Phi) is 4.82. The largest absolute Gasteiger partial charge is 0.465 e. The van der Waals surface area contributed by atoms with Crippen LogP contribution in [0, 0.1) is 0 Å². The van der Waals surface area contributed by atoms with E-state index in [9.17, 15) is 9.59 Å². The minimum absolute atomic E-state index is 0.0725. The molecular weight excluding hydrogens is 296 g/mol. The number of hydrogen-bond donors (Lipinski definition) is 2. The van der Waals surface area contributed by atoms with E-state index in [1.165, 1.54) is 25.3 Å². The van der Waals surface area contributed by atoms with Gasteiger partial charge in [0, 0.05) is 13.1 Å². The van der Waals surface area contributed by atoms with Gasteiger partial charge in [-0.2, -0.15) is 0 Å². The third-order valence-electron chi connectivity index (χ3n) is 3.21. The van der Waals surface area contributed by atoms with E-state index in [0.29, 0.717) is 16.3 Å². The Balaban J connectivity index is 1.97. The molecule has 0 aliphatic carbocycles. The van der Waals surface area contributed by atoms with Gasteiger partial charge < -0.3 is 20.1 Å². The van der Waals surface area contributed by atoms with Gasteiger partial charge in [-0.05, 0) is 25.1 Å². The lowest BCUT2D eigenvalue weighted by molar-refractivity contribution is -0.130. The molecule has 1 aliphatic heterocycles. The highest BCUT2D eigenvalue weighted by molar-refractivity contribution is 6.33. The number of amides is 1. The Morgan fingerprint density at radius 2 is 2.14 bits per heavy atom. The molecule has 2 N–H and O–H groups in total. The molecule has 0 saturated carbocycles. The van der Waals surface area contributed by atoms with E-state index in [0.717, 1.165) is 13.1 Å². The van der Waals surface area contributed by atoms with Gasteiger partial charge in [-0.3, -0.25) is 4.79 Å². The number of methoxy groups -OCH3 is 1. The highest BCUT2D eigenvalue weighted by atomic mass is 35.5. The van der Waals surface area contributed by atoms with Crippen molar-refractivity contribution in [3.05, 3.63) is 28.8 Å². The molecular formula is C14H17ClN2O4. The zero-order valence-electron chi connectivity index (χ0n) is 11.9. The van der Waals surface area contributed by atoms with Gasteiger partial charge in [-0.25, -0.2) is 4.79 Å². The summed E-state index contributed by atoms with van der Waals surface area (Å²) in [4.78, 5) is 23.3. The van der Waals surface area contributed by atoms with Gasteiger partial charge in [-0.1, -0.05) is 11.6 Å². The van der Waals surface area contributed by atoms with Crippen LogP contribution in [-0.2, 0) is 14.3 Å². The summed E-state index contributed by atoms with van der Waals surface area (Å²) in [7, 11) is 1.29. The van der Waals surface area contributed by atoms with Gasteiger partial charge in [-0.15, -0.1) is 0 Å². The summed E-state index contributed by atoms with van der Waals surface area (Å²) in [6.45, 7) is 3.30. The predicted octanol–water partition coefficient (Wildman–Crippen LogP) is 1.44. The maximum Gasteiger partial charge on any atom is 0.337 e. The van der Waals surface area contributed by atoms with Crippen molar-refractivity contribution in [2.45, 2.75) is 12.5 Å². The summed E-state index contributed by atoms with van der Waals surface area (Å²) in [6.07, 6.45) is 0. The number of nitrogens with one attached hydrogen (secondary N) is 2. The van der Waals surface area contributed by atoms with Crippen molar-refractivity contribution < 1.29 is 19.1 Å². The van der Waals surface area contributed by atoms with Crippen molar-refractivity contribution in [1.29, 1.82) is 0 Å². The summed E-state index contributed by atoms with van der Waals surface area (Å²) in [6, 6.07) is 4.53. The van der Waals surface area contributed by atoms with Crippen LogP contribution in [0.2, 0.25) is 5.02 Å². The summed E-state index contributed by atoms with van der Waals surface area (Å²) in [5, 5.41) is 6.05. The smallest absolute Gasteiger partial charge is 0.337 e. The molecule has 1 saturated heterocycles. The van der Waals surface area contributed by atoms with Crippen LogP contribution in [0.3, 0.4) is 0 Å². The molecule has 1 fully saturated rings. The molecule has 0 bridgehead atoms. The van der Waals surface area contributed by atoms with Crippen molar-refractivity contribution in [1.82, 2.24) is 5.32 Å². The van der Waals surface area contributed by atoms with E-state index in [1.807, 2.05) is 6.92 Å². The topological polar surface area (TPSA) is 76.7 Å². The van der Waals surface area contributed by atoms with Crippen LogP contribution in [0.25, 0.3) is 0 Å². The van der Waals surface area contributed by atoms with Crippen LogP contribution < -0.4 is 10.6 Å². The number of esters is 1. The van der Waals surface area contributed by atoms with Gasteiger partial charge in [0.05, 0.1) is 29.0 Å². The number of halogens is 1. The van der Waals surface area contributed by atoms with Crippen LogP contribution >= 0.6 is 11.6 Å². The van der Waals surface area contributed by atoms with Crippen molar-refractivity contribution in [3.8, 4) is 0 Å². The molecule has 0 unspecified atom stereocenters. The van der Waals surface area contributed by atoms with Crippen molar-refractivity contribution in [3.63, 3.8) is 0 Å². The Labute approximate surface area is 127 Å². The molecule has 0 atom stereocenters. The average Bonchev–Trinajstić information content (AvgIpc) is 2.44. The first kappa shape index (κ1) is 15.8. The summed E-state index contributed by atoms with van der Waals surface area (Å²) >= 11 is 6.00. The van der Waals surface area contributed by atoms with E-state index in [2.05, 4.69) is 15.4 Å². The summed E-state index contributed by atoms with van der Waals surface area (Å²) < 4.78 is 10.2. The lowest BCUT2D eigenvalue weighted by Crippen LogP contribution is -2.59. The number of hydrogen-bond acceptors (Lipinski definition) is 5. The molecule has 6 nitrogen and oxygen atoms in total. The molecule has 0 radical (unpaired) electrons. The zero-order valence-corrected chi connectivity index (χ0v) is 12.6. The first-order valence-corrected chi connectivity index (χ1v) is 6.84. The number of carbonyl (C=O) groups is 2. The molecule has 1 heterocycles. The Bertz CT molecular complexity index is 558. The highest BCUT2D eigenvalue weighted by Crippen LogP contribution is 2.23. The quantitative estimate of drug-likeness (QED) is 0.805. The lowest BCUT2D eigenvalue weighted by Gasteiger charge is -2.38. The lowest BCUT2D eigenvalue weighted by atomic mass is 10.0. The van der Waals surface area contributed by atoms with Gasteiger partial charge in [0.15, 0.2) is 0 Å². The fourth-order valence-corrected chi connectivity index (χ4v) is 2.04. The van der Waals surface area contributed by atoms with Crippen LogP contribution in [0.15, 0.2) is 18.2 Å².